The van der Waals surface area contributed by atoms with E-state index in [9.17, 15) is 4.79 Å². The summed E-state index contributed by atoms with van der Waals surface area (Å²) in [6.45, 7) is 6.45. The van der Waals surface area contributed by atoms with Gasteiger partial charge >= 0.3 is 0 Å². The summed E-state index contributed by atoms with van der Waals surface area (Å²) in [5.74, 6) is 1.35. The van der Waals surface area contributed by atoms with E-state index in [1.807, 2.05) is 18.5 Å². The Hall–Kier alpha value is -1.04. The van der Waals surface area contributed by atoms with Crippen molar-refractivity contribution in [2.24, 2.45) is 18.9 Å². The van der Waals surface area contributed by atoms with E-state index < -0.39 is 0 Å². The smallest absolute Gasteiger partial charge is 0.233 e. The van der Waals surface area contributed by atoms with Crippen molar-refractivity contribution >= 4 is 17.7 Å². The first-order chi connectivity index (χ1) is 9.49. The van der Waals surface area contributed by atoms with Gasteiger partial charge in [-0.2, -0.15) is 0 Å². The van der Waals surface area contributed by atoms with Crippen molar-refractivity contribution < 1.29 is 4.79 Å². The fourth-order valence-corrected chi connectivity index (χ4v) is 3.48. The normalized spacial score (nSPS) is 28.1. The summed E-state index contributed by atoms with van der Waals surface area (Å²) in [4.78, 5) is 12.3. The van der Waals surface area contributed by atoms with Crippen LogP contribution in [0.5, 0.6) is 0 Å². The second kappa shape index (κ2) is 6.61. The van der Waals surface area contributed by atoms with Crippen LogP contribution in [0.4, 0.5) is 0 Å². The van der Waals surface area contributed by atoms with Crippen molar-refractivity contribution in [2.75, 3.05) is 0 Å². The van der Waals surface area contributed by atoms with Gasteiger partial charge in [-0.05, 0) is 25.2 Å². The molecule has 1 amide bonds. The number of aryl methyl sites for hydroxylation is 1. The van der Waals surface area contributed by atoms with Gasteiger partial charge in [0.25, 0.3) is 0 Å². The van der Waals surface area contributed by atoms with Gasteiger partial charge in [0.15, 0.2) is 5.16 Å². The molecule has 1 fully saturated rings. The van der Waals surface area contributed by atoms with E-state index in [2.05, 4.69) is 29.4 Å². The highest BCUT2D eigenvalue weighted by molar-refractivity contribution is 8.00. The summed E-state index contributed by atoms with van der Waals surface area (Å²) < 4.78 is 1.83. The topological polar surface area (TPSA) is 59.8 Å². The fraction of sp³-hybridized carbons (Fsp3) is 0.786. The molecule has 1 saturated carbocycles. The first-order valence-electron chi connectivity index (χ1n) is 7.30. The molecule has 1 N–H and O–H groups in total. The standard InChI is InChI=1S/C14H24N4OS/c1-9-6-5-7-12(10(9)2)16-13(19)11(3)20-14-17-15-8-18(14)4/h8-12H,5-7H2,1-4H3,(H,16,19). The van der Waals surface area contributed by atoms with E-state index >= 15 is 0 Å². The molecule has 0 spiro atoms. The lowest BCUT2D eigenvalue weighted by Gasteiger charge is -2.35. The molecule has 4 atom stereocenters. The van der Waals surface area contributed by atoms with E-state index in [1.165, 1.54) is 24.6 Å². The van der Waals surface area contributed by atoms with Crippen molar-refractivity contribution in [1.82, 2.24) is 20.1 Å². The summed E-state index contributed by atoms with van der Waals surface area (Å²) in [5.41, 5.74) is 0. The molecule has 112 valence electrons. The Labute approximate surface area is 124 Å². The zero-order valence-corrected chi connectivity index (χ0v) is 13.5. The minimum absolute atomic E-state index is 0.101. The summed E-state index contributed by atoms with van der Waals surface area (Å²) in [6, 6.07) is 0.314. The van der Waals surface area contributed by atoms with Gasteiger partial charge in [-0.1, -0.05) is 38.5 Å². The summed E-state index contributed by atoms with van der Waals surface area (Å²) in [5, 5.41) is 11.7. The predicted molar refractivity (Wildman–Crippen MR) is 80.4 cm³/mol. The highest BCUT2D eigenvalue weighted by atomic mass is 32.2. The van der Waals surface area contributed by atoms with Crippen LogP contribution in [0.15, 0.2) is 11.5 Å². The Balaban J connectivity index is 1.89. The molecule has 0 bridgehead atoms. The molecule has 5 nitrogen and oxygen atoms in total. The third-order valence-electron chi connectivity index (χ3n) is 4.36. The van der Waals surface area contributed by atoms with Crippen molar-refractivity contribution in [3.05, 3.63) is 6.33 Å². The van der Waals surface area contributed by atoms with Crippen LogP contribution >= 0.6 is 11.8 Å². The molecular weight excluding hydrogens is 272 g/mol. The number of thioether (sulfide) groups is 1. The van der Waals surface area contributed by atoms with Crippen LogP contribution in [0.3, 0.4) is 0 Å². The quantitative estimate of drug-likeness (QED) is 0.866. The number of nitrogens with one attached hydrogen (secondary N) is 1. The van der Waals surface area contributed by atoms with Crippen LogP contribution in [0, 0.1) is 11.8 Å². The van der Waals surface area contributed by atoms with Gasteiger partial charge in [-0.15, -0.1) is 10.2 Å². The summed E-state index contributed by atoms with van der Waals surface area (Å²) >= 11 is 1.45. The molecule has 20 heavy (non-hydrogen) atoms. The highest BCUT2D eigenvalue weighted by Crippen LogP contribution is 2.30. The van der Waals surface area contributed by atoms with Crippen molar-refractivity contribution in [1.29, 1.82) is 0 Å². The molecule has 0 saturated heterocycles. The molecule has 1 aromatic rings. The van der Waals surface area contributed by atoms with Gasteiger partial charge in [0.05, 0.1) is 5.25 Å². The average molecular weight is 296 g/mol. The largest absolute Gasteiger partial charge is 0.352 e. The lowest BCUT2D eigenvalue weighted by molar-refractivity contribution is -0.121. The van der Waals surface area contributed by atoms with Crippen molar-refractivity contribution in [3.8, 4) is 0 Å². The fourth-order valence-electron chi connectivity index (χ4n) is 2.68. The van der Waals surface area contributed by atoms with E-state index in [0.29, 0.717) is 17.9 Å². The van der Waals surface area contributed by atoms with Crippen molar-refractivity contribution in [2.45, 2.75) is 56.5 Å². The molecule has 2 rings (SSSR count). The monoisotopic (exact) mass is 296 g/mol. The van der Waals surface area contributed by atoms with E-state index in [0.717, 1.165) is 11.6 Å². The molecule has 0 aromatic carbocycles. The van der Waals surface area contributed by atoms with Gasteiger partial charge in [0, 0.05) is 13.1 Å². The molecule has 0 aliphatic heterocycles. The molecule has 1 aliphatic carbocycles. The number of nitrogens with zero attached hydrogens (tertiary/aromatic N) is 3. The first-order valence-corrected chi connectivity index (χ1v) is 8.18. The Morgan fingerprint density at radius 2 is 2.25 bits per heavy atom. The Kier molecular flexibility index (Phi) is 5.07. The van der Waals surface area contributed by atoms with Crippen LogP contribution in [-0.2, 0) is 11.8 Å². The van der Waals surface area contributed by atoms with Crippen LogP contribution < -0.4 is 5.32 Å². The molecule has 6 heteroatoms. The van der Waals surface area contributed by atoms with Gasteiger partial charge in [0.1, 0.15) is 6.33 Å². The second-order valence-electron chi connectivity index (χ2n) is 5.87. The molecule has 1 aliphatic rings. The SMILES string of the molecule is CC(Sc1nncn1C)C(=O)NC1CCCC(C)C1C. The number of amides is 1. The molecular formula is C14H24N4OS. The Morgan fingerprint density at radius 1 is 1.50 bits per heavy atom. The molecule has 1 heterocycles. The lowest BCUT2D eigenvalue weighted by Crippen LogP contribution is -2.46. The van der Waals surface area contributed by atoms with Crippen LogP contribution in [-0.4, -0.2) is 32.0 Å². The number of hydrogen-bond donors (Lipinski definition) is 1. The average Bonchev–Trinajstić information content (AvgIpc) is 2.80. The maximum absolute atomic E-state index is 12.3. The lowest BCUT2D eigenvalue weighted by atomic mass is 9.78. The number of aromatic nitrogens is 3. The van der Waals surface area contributed by atoms with Gasteiger partial charge in [0.2, 0.25) is 5.91 Å². The molecule has 4 unspecified atom stereocenters. The third-order valence-corrected chi connectivity index (χ3v) is 5.50. The van der Waals surface area contributed by atoms with Crippen molar-refractivity contribution in [3.63, 3.8) is 0 Å². The number of carbonyl (C=O) groups is 1. The number of hydrogen-bond acceptors (Lipinski definition) is 4. The summed E-state index contributed by atoms with van der Waals surface area (Å²) in [7, 11) is 1.89. The van der Waals surface area contributed by atoms with Crippen LogP contribution in [0.25, 0.3) is 0 Å². The van der Waals surface area contributed by atoms with Gasteiger partial charge in [-0.3, -0.25) is 4.79 Å². The zero-order chi connectivity index (χ0) is 14.7. The third kappa shape index (κ3) is 3.53. The first kappa shape index (κ1) is 15.4. The van der Waals surface area contributed by atoms with E-state index in [1.54, 1.807) is 6.33 Å². The van der Waals surface area contributed by atoms with E-state index in [-0.39, 0.29) is 11.2 Å². The van der Waals surface area contributed by atoms with Crippen LogP contribution in [0.2, 0.25) is 0 Å². The minimum Gasteiger partial charge on any atom is -0.352 e. The minimum atomic E-state index is -0.151. The summed E-state index contributed by atoms with van der Waals surface area (Å²) in [6.07, 6.45) is 5.23. The van der Waals surface area contributed by atoms with Crippen LogP contribution in [0.1, 0.15) is 40.0 Å². The van der Waals surface area contributed by atoms with E-state index in [4.69, 9.17) is 0 Å². The number of rotatable bonds is 4. The maximum Gasteiger partial charge on any atom is 0.233 e. The molecule has 0 radical (unpaired) electrons. The Bertz CT molecular complexity index is 462. The Morgan fingerprint density at radius 3 is 2.90 bits per heavy atom. The predicted octanol–water partition coefficient (Wildman–Crippen LogP) is 2.24. The second-order valence-corrected chi connectivity index (χ2v) is 7.17. The highest BCUT2D eigenvalue weighted by Gasteiger charge is 2.29. The van der Waals surface area contributed by atoms with Gasteiger partial charge in [-0.25, -0.2) is 0 Å². The maximum atomic E-state index is 12.3. The zero-order valence-electron chi connectivity index (χ0n) is 12.7. The molecule has 1 aromatic heterocycles. The van der Waals surface area contributed by atoms with Gasteiger partial charge < -0.3 is 9.88 Å². The number of carbonyl (C=O) groups excluding carboxylic acids is 1.